The maximum absolute atomic E-state index is 11.9. The van der Waals surface area contributed by atoms with Gasteiger partial charge in [-0.05, 0) is 24.1 Å². The number of nitrogens with one attached hydrogen (secondary N) is 2. The van der Waals surface area contributed by atoms with Gasteiger partial charge < -0.3 is 15.7 Å². The van der Waals surface area contributed by atoms with E-state index in [1.54, 1.807) is 12.1 Å². The number of halogens is 2. The van der Waals surface area contributed by atoms with Crippen LogP contribution in [-0.4, -0.2) is 23.1 Å². The Balaban J connectivity index is 2.70. The van der Waals surface area contributed by atoms with Gasteiger partial charge in [0, 0.05) is 11.1 Å². The zero-order valence-corrected chi connectivity index (χ0v) is 12.6. The number of carbonyl (C=O) groups excluding carboxylic acids is 1. The average Bonchev–Trinajstić information content (AvgIpc) is 2.32. The zero-order chi connectivity index (χ0) is 15.3. The van der Waals surface area contributed by atoms with Crippen LogP contribution in [0.2, 0.25) is 10.0 Å². The van der Waals surface area contributed by atoms with E-state index in [0.717, 1.165) is 0 Å². The molecule has 1 unspecified atom stereocenters. The van der Waals surface area contributed by atoms with E-state index >= 15 is 0 Å². The summed E-state index contributed by atoms with van der Waals surface area (Å²) < 4.78 is 0. The van der Waals surface area contributed by atoms with Gasteiger partial charge in [0.2, 0.25) is 0 Å². The molecule has 0 aliphatic heterocycles. The number of carbonyl (C=O) groups is 2. The molecule has 0 spiro atoms. The molecule has 0 bridgehead atoms. The molecule has 0 heterocycles. The van der Waals surface area contributed by atoms with E-state index in [2.05, 4.69) is 10.6 Å². The fraction of sp³-hybridized carbons (Fsp3) is 0.385. The molecule has 2 amide bonds. The van der Waals surface area contributed by atoms with E-state index in [4.69, 9.17) is 28.3 Å². The summed E-state index contributed by atoms with van der Waals surface area (Å²) in [6, 6.07) is 3.70. The molecule has 20 heavy (non-hydrogen) atoms. The van der Waals surface area contributed by atoms with Crippen LogP contribution in [-0.2, 0) is 4.79 Å². The lowest BCUT2D eigenvalue weighted by Gasteiger charge is -2.21. The first-order chi connectivity index (χ1) is 9.29. The van der Waals surface area contributed by atoms with Crippen LogP contribution in [0.1, 0.15) is 20.3 Å². The SMILES string of the molecule is CC(C)C(CC(=O)O)NC(=O)Nc1cc(Cl)ccc1Cl. The Hall–Kier alpha value is -1.46. The van der Waals surface area contributed by atoms with Crippen molar-refractivity contribution in [2.45, 2.75) is 26.3 Å². The predicted molar refractivity (Wildman–Crippen MR) is 79.5 cm³/mol. The largest absolute Gasteiger partial charge is 0.481 e. The van der Waals surface area contributed by atoms with E-state index in [-0.39, 0.29) is 12.3 Å². The van der Waals surface area contributed by atoms with Crippen molar-refractivity contribution >= 4 is 40.9 Å². The third kappa shape index (κ3) is 5.27. The molecule has 7 heteroatoms. The van der Waals surface area contributed by atoms with Gasteiger partial charge in [-0.15, -0.1) is 0 Å². The molecule has 0 aliphatic carbocycles. The van der Waals surface area contributed by atoms with Crippen molar-refractivity contribution in [3.05, 3.63) is 28.2 Å². The lowest BCUT2D eigenvalue weighted by Crippen LogP contribution is -2.42. The molecule has 1 rings (SSSR count). The molecule has 5 nitrogen and oxygen atoms in total. The maximum atomic E-state index is 11.9. The summed E-state index contributed by atoms with van der Waals surface area (Å²) in [6.07, 6.45) is -0.144. The Bertz CT molecular complexity index is 506. The molecule has 1 aromatic rings. The van der Waals surface area contributed by atoms with Crippen LogP contribution in [0, 0.1) is 5.92 Å². The van der Waals surface area contributed by atoms with Crippen molar-refractivity contribution in [2.75, 3.05) is 5.32 Å². The molecule has 0 radical (unpaired) electrons. The lowest BCUT2D eigenvalue weighted by molar-refractivity contribution is -0.137. The topological polar surface area (TPSA) is 78.4 Å². The van der Waals surface area contributed by atoms with Crippen LogP contribution < -0.4 is 10.6 Å². The number of rotatable bonds is 5. The van der Waals surface area contributed by atoms with Crippen molar-refractivity contribution in [3.63, 3.8) is 0 Å². The highest BCUT2D eigenvalue weighted by Gasteiger charge is 2.19. The molecule has 1 aromatic carbocycles. The molecule has 0 fully saturated rings. The highest BCUT2D eigenvalue weighted by atomic mass is 35.5. The number of anilines is 1. The number of carboxylic acids is 1. The van der Waals surface area contributed by atoms with Crippen LogP contribution in [0.3, 0.4) is 0 Å². The number of carboxylic acid groups (broad SMARTS) is 1. The normalized spacial score (nSPS) is 12.1. The Morgan fingerprint density at radius 1 is 1.30 bits per heavy atom. The number of aliphatic carboxylic acids is 1. The standard InChI is InChI=1S/C13H16Cl2N2O3/c1-7(2)10(6-12(18)19)16-13(20)17-11-5-8(14)3-4-9(11)15/h3-5,7,10H,6H2,1-2H3,(H,18,19)(H2,16,17,20). The first kappa shape index (κ1) is 16.6. The summed E-state index contributed by atoms with van der Waals surface area (Å²) in [6.45, 7) is 3.67. The van der Waals surface area contributed by atoms with Crippen LogP contribution in [0.15, 0.2) is 18.2 Å². The first-order valence-electron chi connectivity index (χ1n) is 6.04. The highest BCUT2D eigenvalue weighted by Crippen LogP contribution is 2.25. The maximum Gasteiger partial charge on any atom is 0.319 e. The highest BCUT2D eigenvalue weighted by molar-refractivity contribution is 6.35. The van der Waals surface area contributed by atoms with Gasteiger partial charge in [-0.2, -0.15) is 0 Å². The van der Waals surface area contributed by atoms with Gasteiger partial charge in [-0.1, -0.05) is 37.0 Å². The number of urea groups is 1. The van der Waals surface area contributed by atoms with Crippen LogP contribution >= 0.6 is 23.2 Å². The van der Waals surface area contributed by atoms with E-state index in [9.17, 15) is 9.59 Å². The molecule has 0 saturated heterocycles. The summed E-state index contributed by atoms with van der Waals surface area (Å²) in [5.41, 5.74) is 0.370. The summed E-state index contributed by atoms with van der Waals surface area (Å²) >= 11 is 11.7. The monoisotopic (exact) mass is 318 g/mol. The van der Waals surface area contributed by atoms with Gasteiger partial charge in [-0.25, -0.2) is 4.79 Å². The Labute approximate surface area is 127 Å². The predicted octanol–water partition coefficient (Wildman–Crippen LogP) is 3.61. The quantitative estimate of drug-likeness (QED) is 0.775. The number of hydrogen-bond acceptors (Lipinski definition) is 2. The summed E-state index contributed by atoms with van der Waals surface area (Å²) in [7, 11) is 0. The van der Waals surface area contributed by atoms with E-state index in [1.807, 2.05) is 13.8 Å². The fourth-order valence-corrected chi connectivity index (χ4v) is 1.90. The minimum Gasteiger partial charge on any atom is -0.481 e. The van der Waals surface area contributed by atoms with Gasteiger partial charge in [-0.3, -0.25) is 4.79 Å². The van der Waals surface area contributed by atoms with Gasteiger partial charge in [0.15, 0.2) is 0 Å². The Morgan fingerprint density at radius 3 is 2.50 bits per heavy atom. The molecule has 0 saturated carbocycles. The second-order valence-electron chi connectivity index (χ2n) is 4.67. The van der Waals surface area contributed by atoms with Gasteiger partial charge in [0.05, 0.1) is 17.1 Å². The second kappa shape index (κ2) is 7.36. The summed E-state index contributed by atoms with van der Waals surface area (Å²) in [4.78, 5) is 22.6. The number of benzene rings is 1. The molecule has 3 N–H and O–H groups in total. The van der Waals surface area contributed by atoms with E-state index in [1.165, 1.54) is 6.07 Å². The van der Waals surface area contributed by atoms with E-state index < -0.39 is 18.0 Å². The third-order valence-corrected chi connectivity index (χ3v) is 3.26. The van der Waals surface area contributed by atoms with Crippen LogP contribution in [0.25, 0.3) is 0 Å². The molecule has 110 valence electrons. The minimum atomic E-state index is -0.968. The Kier molecular flexibility index (Phi) is 6.10. The average molecular weight is 319 g/mol. The first-order valence-corrected chi connectivity index (χ1v) is 6.79. The lowest BCUT2D eigenvalue weighted by atomic mass is 10.0. The molecule has 0 aromatic heterocycles. The zero-order valence-electron chi connectivity index (χ0n) is 11.1. The van der Waals surface area contributed by atoms with Crippen molar-refractivity contribution < 1.29 is 14.7 Å². The van der Waals surface area contributed by atoms with Crippen molar-refractivity contribution in [2.24, 2.45) is 5.92 Å². The summed E-state index contributed by atoms with van der Waals surface area (Å²) in [5.74, 6) is -0.975. The van der Waals surface area contributed by atoms with Crippen LogP contribution in [0.4, 0.5) is 10.5 Å². The second-order valence-corrected chi connectivity index (χ2v) is 5.51. The molecular formula is C13H16Cl2N2O3. The molecular weight excluding hydrogens is 303 g/mol. The van der Waals surface area contributed by atoms with Crippen molar-refractivity contribution in [1.82, 2.24) is 5.32 Å². The van der Waals surface area contributed by atoms with Gasteiger partial charge in [0.25, 0.3) is 0 Å². The fourth-order valence-electron chi connectivity index (χ4n) is 1.56. The van der Waals surface area contributed by atoms with Crippen molar-refractivity contribution in [3.8, 4) is 0 Å². The van der Waals surface area contributed by atoms with E-state index in [0.29, 0.717) is 15.7 Å². The minimum absolute atomic E-state index is 0.00770. The number of hydrogen-bond donors (Lipinski definition) is 3. The van der Waals surface area contributed by atoms with Gasteiger partial charge in [0.1, 0.15) is 0 Å². The van der Waals surface area contributed by atoms with Gasteiger partial charge >= 0.3 is 12.0 Å². The van der Waals surface area contributed by atoms with Crippen LogP contribution in [0.5, 0.6) is 0 Å². The summed E-state index contributed by atoms with van der Waals surface area (Å²) in [5, 5.41) is 14.8. The smallest absolute Gasteiger partial charge is 0.319 e. The molecule has 1 atom stereocenters. The Morgan fingerprint density at radius 2 is 1.95 bits per heavy atom. The van der Waals surface area contributed by atoms with Crippen molar-refractivity contribution in [1.29, 1.82) is 0 Å². The third-order valence-electron chi connectivity index (χ3n) is 2.69. The molecule has 0 aliphatic rings. The number of amides is 2.